The van der Waals surface area contributed by atoms with Crippen LogP contribution in [0.25, 0.3) is 21.5 Å². The maximum Gasteiger partial charge on any atom is 0.325 e. The van der Waals surface area contributed by atoms with Crippen molar-refractivity contribution in [2.75, 3.05) is 12.5 Å². The SMILES string of the molecule is CC.CC.CC(CC(C)=NOS(C)(=O)=O)=NOS(C)(=O)=O.c1ccc2ccccc2c1.c1ccc2ccccc2c1. The zero-order valence-corrected chi connectivity index (χ0v) is 26.7. The van der Waals surface area contributed by atoms with Crippen LogP contribution in [0, 0.1) is 0 Å². The molecule has 0 radical (unpaired) electrons. The van der Waals surface area contributed by atoms with Crippen molar-refractivity contribution < 1.29 is 25.4 Å². The highest BCUT2D eigenvalue weighted by atomic mass is 32.2. The summed E-state index contributed by atoms with van der Waals surface area (Å²) in [6, 6.07) is 33.4. The van der Waals surface area contributed by atoms with Gasteiger partial charge < -0.3 is 0 Å². The van der Waals surface area contributed by atoms with Gasteiger partial charge in [-0.3, -0.25) is 8.57 Å². The van der Waals surface area contributed by atoms with Crippen LogP contribution in [0.2, 0.25) is 0 Å². The quantitative estimate of drug-likeness (QED) is 0.164. The molecule has 0 atom stereocenters. The monoisotopic (exact) mass is 602 g/mol. The molecule has 224 valence electrons. The highest BCUT2D eigenvalue weighted by Crippen LogP contribution is 2.12. The second-order valence-corrected chi connectivity index (χ2v) is 11.2. The Bertz CT molecular complexity index is 1330. The maximum atomic E-state index is 10.6. The van der Waals surface area contributed by atoms with Crippen molar-refractivity contribution in [3.8, 4) is 0 Å². The maximum absolute atomic E-state index is 10.6. The van der Waals surface area contributed by atoms with Crippen molar-refractivity contribution in [2.24, 2.45) is 10.3 Å². The van der Waals surface area contributed by atoms with Crippen molar-refractivity contribution in [2.45, 2.75) is 48.0 Å². The third-order valence-electron chi connectivity index (χ3n) is 4.49. The van der Waals surface area contributed by atoms with Crippen LogP contribution in [0.5, 0.6) is 0 Å². The van der Waals surface area contributed by atoms with Crippen LogP contribution in [0.4, 0.5) is 0 Å². The van der Waals surface area contributed by atoms with Crippen molar-refractivity contribution >= 4 is 53.2 Å². The molecule has 0 unspecified atom stereocenters. The summed E-state index contributed by atoms with van der Waals surface area (Å²) in [6.07, 6.45) is 1.85. The number of fused-ring (bicyclic) bond motifs is 2. The zero-order chi connectivity index (χ0) is 31.3. The first-order valence-corrected chi connectivity index (χ1v) is 16.8. The van der Waals surface area contributed by atoms with Crippen LogP contribution in [0.3, 0.4) is 0 Å². The number of hydrogen-bond donors (Lipinski definition) is 0. The summed E-state index contributed by atoms with van der Waals surface area (Å²) in [6.45, 7) is 11.0. The Morgan fingerprint density at radius 2 is 0.707 bits per heavy atom. The van der Waals surface area contributed by atoms with Gasteiger partial charge in [-0.2, -0.15) is 16.8 Å². The van der Waals surface area contributed by atoms with E-state index in [0.717, 1.165) is 12.5 Å². The summed E-state index contributed by atoms with van der Waals surface area (Å²) < 4.78 is 50.8. The molecule has 0 saturated carbocycles. The largest absolute Gasteiger partial charge is 0.325 e. The molecule has 0 aliphatic heterocycles. The van der Waals surface area contributed by atoms with Crippen LogP contribution in [0.15, 0.2) is 107 Å². The summed E-state index contributed by atoms with van der Waals surface area (Å²) in [5, 5.41) is 11.9. The normalized spacial score (nSPS) is 11.2. The van der Waals surface area contributed by atoms with E-state index in [0.29, 0.717) is 11.4 Å². The van der Waals surface area contributed by atoms with Gasteiger partial charge in [0, 0.05) is 6.42 Å². The third-order valence-corrected chi connectivity index (χ3v) is 5.18. The van der Waals surface area contributed by atoms with Gasteiger partial charge in [-0.05, 0) is 35.4 Å². The lowest BCUT2D eigenvalue weighted by molar-refractivity contribution is 0.340. The molecule has 0 aliphatic rings. The second-order valence-electron chi connectivity index (χ2n) is 8.08. The van der Waals surface area contributed by atoms with E-state index in [4.69, 9.17) is 0 Å². The summed E-state index contributed by atoms with van der Waals surface area (Å²) in [5.41, 5.74) is 0.627. The molecular weight excluding hydrogens is 560 g/mol. The molecule has 4 aromatic rings. The van der Waals surface area contributed by atoms with Gasteiger partial charge in [-0.1, -0.05) is 135 Å². The first-order valence-electron chi connectivity index (χ1n) is 13.1. The van der Waals surface area contributed by atoms with E-state index in [9.17, 15) is 16.8 Å². The average Bonchev–Trinajstić information content (AvgIpc) is 2.97. The Morgan fingerprint density at radius 3 is 0.878 bits per heavy atom. The number of nitrogens with zero attached hydrogens (tertiary/aromatic N) is 2. The predicted octanol–water partition coefficient (Wildman–Crippen LogP) is 7.81. The molecule has 8 nitrogen and oxygen atoms in total. The van der Waals surface area contributed by atoms with Gasteiger partial charge in [-0.15, -0.1) is 0 Å². The number of oxime groups is 2. The topological polar surface area (TPSA) is 111 Å². The summed E-state index contributed by atoms with van der Waals surface area (Å²) in [5.74, 6) is 0. The fourth-order valence-electron chi connectivity index (χ4n) is 2.96. The predicted molar refractivity (Wildman–Crippen MR) is 173 cm³/mol. The Kier molecular flexibility index (Phi) is 18.3. The molecule has 10 heteroatoms. The van der Waals surface area contributed by atoms with E-state index >= 15 is 0 Å². The first-order chi connectivity index (χ1) is 19.4. The highest BCUT2D eigenvalue weighted by Gasteiger charge is 2.04. The first kappa shape index (κ1) is 37.2. The van der Waals surface area contributed by atoms with Crippen LogP contribution >= 0.6 is 0 Å². The van der Waals surface area contributed by atoms with Crippen molar-refractivity contribution in [1.29, 1.82) is 0 Å². The van der Waals surface area contributed by atoms with Gasteiger partial charge in [0.15, 0.2) is 0 Å². The Balaban J connectivity index is 0.000000571. The molecular formula is C31H42N2O6S2. The number of benzene rings is 4. The molecule has 4 rings (SSSR count). The molecule has 0 amide bonds. The van der Waals surface area contributed by atoms with Gasteiger partial charge in [0.1, 0.15) is 0 Å². The average molecular weight is 603 g/mol. The molecule has 0 aromatic heterocycles. The Labute approximate surface area is 245 Å². The third kappa shape index (κ3) is 18.3. The van der Waals surface area contributed by atoms with E-state index in [1.807, 2.05) is 27.7 Å². The minimum absolute atomic E-state index is 0.130. The van der Waals surface area contributed by atoms with E-state index < -0.39 is 20.2 Å². The lowest BCUT2D eigenvalue weighted by Gasteiger charge is -2.00. The fraction of sp³-hybridized carbons (Fsp3) is 0.290. The van der Waals surface area contributed by atoms with Crippen LogP contribution in [-0.4, -0.2) is 40.8 Å². The summed E-state index contributed by atoms with van der Waals surface area (Å²) in [4.78, 5) is 0. The molecule has 0 aliphatic carbocycles. The summed E-state index contributed by atoms with van der Waals surface area (Å²) >= 11 is 0. The molecule has 4 aromatic carbocycles. The minimum atomic E-state index is -3.65. The lowest BCUT2D eigenvalue weighted by atomic mass is 10.1. The van der Waals surface area contributed by atoms with Gasteiger partial charge in [0.05, 0.1) is 23.9 Å². The van der Waals surface area contributed by atoms with Gasteiger partial charge in [0.25, 0.3) is 0 Å². The molecule has 0 spiro atoms. The van der Waals surface area contributed by atoms with Gasteiger partial charge >= 0.3 is 20.2 Å². The molecule has 0 bridgehead atoms. The van der Waals surface area contributed by atoms with Crippen LogP contribution < -0.4 is 0 Å². The molecule has 0 N–H and O–H groups in total. The zero-order valence-electron chi connectivity index (χ0n) is 25.1. The molecule has 41 heavy (non-hydrogen) atoms. The van der Waals surface area contributed by atoms with Crippen LogP contribution in [0.1, 0.15) is 48.0 Å². The van der Waals surface area contributed by atoms with E-state index in [1.54, 1.807) is 0 Å². The van der Waals surface area contributed by atoms with Crippen molar-refractivity contribution in [3.63, 3.8) is 0 Å². The fourth-order valence-corrected chi connectivity index (χ4v) is 3.49. The lowest BCUT2D eigenvalue weighted by Crippen LogP contribution is -2.06. The highest BCUT2D eigenvalue weighted by molar-refractivity contribution is 7.86. The standard InChI is InChI=1S/2C10H8.C7H14N2O6S2.2C2H6/c2*1-2-6-10-8-4-3-7-9(10)5-1;1-6(8-14-16(3,10)11)5-7(2)9-15-17(4,12)13;2*1-2/h2*1-8H;5H2,1-4H3;2*1-2H3. The minimum Gasteiger partial charge on any atom is -0.269 e. The van der Waals surface area contributed by atoms with Crippen molar-refractivity contribution in [3.05, 3.63) is 97.1 Å². The molecule has 0 saturated heterocycles. The van der Waals surface area contributed by atoms with E-state index in [-0.39, 0.29) is 6.42 Å². The molecule has 0 heterocycles. The van der Waals surface area contributed by atoms with E-state index in [2.05, 4.69) is 116 Å². The molecule has 0 fully saturated rings. The second kappa shape index (κ2) is 20.2. The Hall–Kier alpha value is -3.76. The smallest absolute Gasteiger partial charge is 0.269 e. The van der Waals surface area contributed by atoms with Gasteiger partial charge in [-0.25, -0.2) is 0 Å². The Morgan fingerprint density at radius 1 is 0.512 bits per heavy atom. The number of hydrogen-bond acceptors (Lipinski definition) is 8. The van der Waals surface area contributed by atoms with E-state index in [1.165, 1.54) is 35.4 Å². The van der Waals surface area contributed by atoms with Gasteiger partial charge in [0.2, 0.25) is 0 Å². The number of rotatable bonds is 6. The van der Waals surface area contributed by atoms with Crippen molar-refractivity contribution in [1.82, 2.24) is 0 Å². The summed E-state index contributed by atoms with van der Waals surface area (Å²) in [7, 11) is -7.29. The van der Waals surface area contributed by atoms with Crippen LogP contribution in [-0.2, 0) is 28.8 Å².